The third-order valence-electron chi connectivity index (χ3n) is 1.48. The molecule has 0 aliphatic rings. The Hall–Kier alpha value is -1.85. The number of carbonyl (C=O) groups is 2. The fraction of sp³-hybridized carbons (Fsp3) is 0.375. The fourth-order valence-corrected chi connectivity index (χ4v) is 0.741. The van der Waals surface area contributed by atoms with Gasteiger partial charge in [-0.1, -0.05) is 5.16 Å². The van der Waals surface area contributed by atoms with Crippen LogP contribution in [0.5, 0.6) is 0 Å². The summed E-state index contributed by atoms with van der Waals surface area (Å²) in [5.74, 6) is -0.568. The van der Waals surface area contributed by atoms with Crippen molar-refractivity contribution in [3.05, 3.63) is 17.5 Å². The van der Waals surface area contributed by atoms with Crippen molar-refractivity contribution in [1.82, 2.24) is 15.4 Å². The van der Waals surface area contributed by atoms with Gasteiger partial charge in [0.1, 0.15) is 0 Å². The SMILES string of the molecule is Cc1cc(C(=O)NC(=O)N(C)C)on1. The van der Waals surface area contributed by atoms with E-state index in [1.807, 2.05) is 0 Å². The predicted molar refractivity (Wildman–Crippen MR) is 47.8 cm³/mol. The number of rotatable bonds is 1. The van der Waals surface area contributed by atoms with Gasteiger partial charge in [-0.15, -0.1) is 0 Å². The van der Waals surface area contributed by atoms with Gasteiger partial charge in [-0.05, 0) is 6.92 Å². The monoisotopic (exact) mass is 197 g/mol. The summed E-state index contributed by atoms with van der Waals surface area (Å²) < 4.78 is 4.67. The average molecular weight is 197 g/mol. The molecule has 3 amide bonds. The van der Waals surface area contributed by atoms with Crippen LogP contribution in [0, 0.1) is 6.92 Å². The summed E-state index contributed by atoms with van der Waals surface area (Å²) in [5, 5.41) is 5.65. The number of hydrogen-bond donors (Lipinski definition) is 1. The Morgan fingerprint density at radius 3 is 2.57 bits per heavy atom. The number of hydrogen-bond acceptors (Lipinski definition) is 4. The number of imide groups is 1. The van der Waals surface area contributed by atoms with Gasteiger partial charge in [0.2, 0.25) is 5.76 Å². The summed E-state index contributed by atoms with van der Waals surface area (Å²) in [6.45, 7) is 1.69. The van der Waals surface area contributed by atoms with E-state index < -0.39 is 11.9 Å². The molecular weight excluding hydrogens is 186 g/mol. The Bertz CT molecular complexity index is 356. The van der Waals surface area contributed by atoms with Crippen molar-refractivity contribution >= 4 is 11.9 Å². The van der Waals surface area contributed by atoms with Crippen molar-refractivity contribution in [2.45, 2.75) is 6.92 Å². The fourth-order valence-electron chi connectivity index (χ4n) is 0.741. The highest BCUT2D eigenvalue weighted by molar-refractivity contribution is 6.02. The number of nitrogens with zero attached hydrogens (tertiary/aromatic N) is 2. The molecule has 6 heteroatoms. The van der Waals surface area contributed by atoms with E-state index in [0.717, 1.165) is 0 Å². The Balaban J connectivity index is 2.64. The minimum absolute atomic E-state index is 0.0256. The van der Waals surface area contributed by atoms with Gasteiger partial charge < -0.3 is 9.42 Å². The minimum Gasteiger partial charge on any atom is -0.351 e. The first kappa shape index (κ1) is 10.2. The summed E-state index contributed by atoms with van der Waals surface area (Å²) in [6, 6.07) is 0.960. The molecule has 0 aromatic carbocycles. The van der Waals surface area contributed by atoms with E-state index in [9.17, 15) is 9.59 Å². The Kier molecular flexibility index (Phi) is 2.85. The number of aromatic nitrogens is 1. The number of amides is 3. The summed E-state index contributed by atoms with van der Waals surface area (Å²) in [5.41, 5.74) is 0.590. The van der Waals surface area contributed by atoms with E-state index >= 15 is 0 Å². The first-order chi connectivity index (χ1) is 6.50. The maximum Gasteiger partial charge on any atom is 0.323 e. The molecule has 0 aliphatic heterocycles. The standard InChI is InChI=1S/C8H11N3O3/c1-5-4-6(14-10-5)7(12)9-8(13)11(2)3/h4H,1-3H3,(H,9,12,13). The van der Waals surface area contributed by atoms with Gasteiger partial charge in [0, 0.05) is 20.2 Å². The largest absolute Gasteiger partial charge is 0.351 e. The number of urea groups is 1. The molecular formula is C8H11N3O3. The molecule has 1 aromatic rings. The van der Waals surface area contributed by atoms with E-state index in [2.05, 4.69) is 15.0 Å². The van der Waals surface area contributed by atoms with Crippen LogP contribution >= 0.6 is 0 Å². The maximum atomic E-state index is 11.3. The van der Waals surface area contributed by atoms with Crippen molar-refractivity contribution in [3.63, 3.8) is 0 Å². The van der Waals surface area contributed by atoms with Gasteiger partial charge in [-0.3, -0.25) is 10.1 Å². The topological polar surface area (TPSA) is 75.4 Å². The van der Waals surface area contributed by atoms with E-state index in [-0.39, 0.29) is 5.76 Å². The van der Waals surface area contributed by atoms with Crippen molar-refractivity contribution in [2.24, 2.45) is 0 Å². The summed E-state index contributed by atoms with van der Waals surface area (Å²) >= 11 is 0. The number of nitrogens with one attached hydrogen (secondary N) is 1. The molecule has 1 aromatic heterocycles. The molecule has 14 heavy (non-hydrogen) atoms. The van der Waals surface area contributed by atoms with Gasteiger partial charge in [-0.2, -0.15) is 0 Å². The van der Waals surface area contributed by atoms with Gasteiger partial charge in [0.25, 0.3) is 5.91 Å². The van der Waals surface area contributed by atoms with Gasteiger partial charge in [-0.25, -0.2) is 4.79 Å². The second kappa shape index (κ2) is 3.91. The summed E-state index contributed by atoms with van der Waals surface area (Å²) in [7, 11) is 3.07. The Morgan fingerprint density at radius 2 is 2.14 bits per heavy atom. The van der Waals surface area contributed by atoms with Gasteiger partial charge >= 0.3 is 6.03 Å². The van der Waals surface area contributed by atoms with Crippen LogP contribution in [0.25, 0.3) is 0 Å². The second-order valence-electron chi connectivity index (χ2n) is 2.99. The maximum absolute atomic E-state index is 11.3. The van der Waals surface area contributed by atoms with Crippen molar-refractivity contribution in [3.8, 4) is 0 Å². The zero-order valence-electron chi connectivity index (χ0n) is 8.20. The molecule has 76 valence electrons. The summed E-state index contributed by atoms with van der Waals surface area (Å²) in [4.78, 5) is 23.6. The van der Waals surface area contributed by atoms with Crippen LogP contribution in [-0.2, 0) is 0 Å². The molecule has 0 bridgehead atoms. The van der Waals surface area contributed by atoms with Crippen LogP contribution < -0.4 is 5.32 Å². The Morgan fingerprint density at radius 1 is 1.50 bits per heavy atom. The first-order valence-electron chi connectivity index (χ1n) is 3.96. The third-order valence-corrected chi connectivity index (χ3v) is 1.48. The van der Waals surface area contributed by atoms with Crippen LogP contribution in [0.3, 0.4) is 0 Å². The average Bonchev–Trinajstić information content (AvgIpc) is 2.51. The molecule has 1 N–H and O–H groups in total. The highest BCUT2D eigenvalue weighted by Crippen LogP contribution is 2.01. The molecule has 1 rings (SSSR count). The molecule has 0 atom stereocenters. The quantitative estimate of drug-likeness (QED) is 0.706. The molecule has 0 saturated heterocycles. The van der Waals surface area contributed by atoms with Crippen molar-refractivity contribution in [2.75, 3.05) is 14.1 Å². The predicted octanol–water partition coefficient (Wildman–Crippen LogP) is 0.394. The molecule has 0 aliphatic carbocycles. The highest BCUT2D eigenvalue weighted by atomic mass is 16.5. The van der Waals surface area contributed by atoms with E-state index in [1.165, 1.54) is 25.1 Å². The number of aryl methyl sites for hydroxylation is 1. The molecule has 0 saturated carbocycles. The van der Waals surface area contributed by atoms with Crippen LogP contribution in [-0.4, -0.2) is 36.1 Å². The zero-order chi connectivity index (χ0) is 10.7. The van der Waals surface area contributed by atoms with Crippen LogP contribution in [0.1, 0.15) is 16.2 Å². The van der Waals surface area contributed by atoms with E-state index in [0.29, 0.717) is 5.69 Å². The lowest BCUT2D eigenvalue weighted by Gasteiger charge is -2.09. The number of carbonyl (C=O) groups excluding carboxylic acids is 2. The van der Waals surface area contributed by atoms with Crippen LogP contribution in [0.4, 0.5) is 4.79 Å². The van der Waals surface area contributed by atoms with E-state index in [4.69, 9.17) is 0 Å². The van der Waals surface area contributed by atoms with Gasteiger partial charge in [0.15, 0.2) is 0 Å². The summed E-state index contributed by atoms with van der Waals surface area (Å²) in [6.07, 6.45) is 0. The van der Waals surface area contributed by atoms with Crippen molar-refractivity contribution < 1.29 is 14.1 Å². The molecule has 0 fully saturated rings. The minimum atomic E-state index is -0.593. The first-order valence-corrected chi connectivity index (χ1v) is 3.96. The zero-order valence-corrected chi connectivity index (χ0v) is 8.20. The molecule has 0 spiro atoms. The molecule has 0 radical (unpaired) electrons. The lowest BCUT2D eigenvalue weighted by molar-refractivity contribution is 0.0920. The second-order valence-corrected chi connectivity index (χ2v) is 2.99. The van der Waals surface area contributed by atoms with Crippen LogP contribution in [0.2, 0.25) is 0 Å². The normalized spacial score (nSPS) is 9.64. The van der Waals surface area contributed by atoms with E-state index in [1.54, 1.807) is 6.92 Å². The van der Waals surface area contributed by atoms with Gasteiger partial charge in [0.05, 0.1) is 5.69 Å². The molecule has 1 heterocycles. The van der Waals surface area contributed by atoms with Crippen molar-refractivity contribution in [1.29, 1.82) is 0 Å². The third kappa shape index (κ3) is 2.32. The smallest absolute Gasteiger partial charge is 0.323 e. The highest BCUT2D eigenvalue weighted by Gasteiger charge is 2.15. The van der Waals surface area contributed by atoms with Crippen LogP contribution in [0.15, 0.2) is 10.6 Å². The lowest BCUT2D eigenvalue weighted by Crippen LogP contribution is -2.38. The Labute approximate surface area is 80.9 Å². The lowest BCUT2D eigenvalue weighted by atomic mass is 10.4. The molecule has 6 nitrogen and oxygen atoms in total. The molecule has 0 unspecified atom stereocenters.